The van der Waals surface area contributed by atoms with Crippen molar-refractivity contribution >= 4 is 5.95 Å². The molecule has 3 heterocycles. The second-order valence-electron chi connectivity index (χ2n) is 6.95. The second kappa shape index (κ2) is 8.16. The molecule has 5 nitrogen and oxygen atoms in total. The fourth-order valence-corrected chi connectivity index (χ4v) is 3.62. The van der Waals surface area contributed by atoms with Gasteiger partial charge >= 0.3 is 0 Å². The van der Waals surface area contributed by atoms with Crippen molar-refractivity contribution in [2.24, 2.45) is 0 Å². The van der Waals surface area contributed by atoms with E-state index in [1.54, 1.807) is 18.5 Å². The molecule has 2 aromatic heterocycles. The molecular formula is C22H24N4O. The predicted octanol–water partition coefficient (Wildman–Crippen LogP) is 3.54. The number of hydrogen-bond acceptors (Lipinski definition) is 4. The van der Waals surface area contributed by atoms with Gasteiger partial charge in [0.1, 0.15) is 0 Å². The highest BCUT2D eigenvalue weighted by molar-refractivity contribution is 5.59. The highest BCUT2D eigenvalue weighted by Gasteiger charge is 2.20. The van der Waals surface area contributed by atoms with Crippen molar-refractivity contribution in [1.29, 1.82) is 0 Å². The monoisotopic (exact) mass is 360 g/mol. The number of benzene rings is 1. The van der Waals surface area contributed by atoms with Crippen molar-refractivity contribution in [2.75, 3.05) is 18.0 Å². The standard InChI is InChI=1S/C22H24N4O/c27-21-17-20(19-10-12-23-13-11-19)24-22-25(15-6-16-26(21)22)14-5-4-9-18-7-2-1-3-8-18/h1-3,7-8,10-13,17H,4-6,9,14-16H2. The lowest BCUT2D eigenvalue weighted by atomic mass is 10.1. The molecule has 1 aliphatic rings. The van der Waals surface area contributed by atoms with E-state index in [0.29, 0.717) is 0 Å². The summed E-state index contributed by atoms with van der Waals surface area (Å²) in [5.74, 6) is 0.806. The van der Waals surface area contributed by atoms with Gasteiger partial charge in [0.25, 0.3) is 5.56 Å². The van der Waals surface area contributed by atoms with Gasteiger partial charge in [-0.15, -0.1) is 0 Å². The molecule has 1 aromatic carbocycles. The van der Waals surface area contributed by atoms with Crippen LogP contribution in [0.5, 0.6) is 0 Å². The van der Waals surface area contributed by atoms with Crippen LogP contribution >= 0.6 is 0 Å². The number of hydrogen-bond donors (Lipinski definition) is 0. The van der Waals surface area contributed by atoms with E-state index in [1.807, 2.05) is 16.7 Å². The van der Waals surface area contributed by atoms with Gasteiger partial charge in [0.15, 0.2) is 0 Å². The molecule has 0 radical (unpaired) electrons. The van der Waals surface area contributed by atoms with E-state index in [-0.39, 0.29) is 5.56 Å². The zero-order chi connectivity index (χ0) is 18.5. The van der Waals surface area contributed by atoms with Crippen LogP contribution in [0.15, 0.2) is 65.7 Å². The highest BCUT2D eigenvalue weighted by Crippen LogP contribution is 2.22. The van der Waals surface area contributed by atoms with Gasteiger partial charge in [-0.1, -0.05) is 30.3 Å². The van der Waals surface area contributed by atoms with Gasteiger partial charge in [0.05, 0.1) is 5.69 Å². The van der Waals surface area contributed by atoms with Gasteiger partial charge in [0, 0.05) is 43.7 Å². The molecule has 0 saturated heterocycles. The van der Waals surface area contributed by atoms with Crippen molar-refractivity contribution in [1.82, 2.24) is 14.5 Å². The van der Waals surface area contributed by atoms with Gasteiger partial charge in [-0.2, -0.15) is 0 Å². The molecule has 0 atom stereocenters. The first kappa shape index (κ1) is 17.5. The van der Waals surface area contributed by atoms with Crippen molar-refractivity contribution in [3.05, 3.63) is 76.8 Å². The number of unbranched alkanes of at least 4 members (excludes halogenated alkanes) is 1. The Labute approximate surface area is 159 Å². The Kier molecular flexibility index (Phi) is 5.28. The van der Waals surface area contributed by atoms with Crippen molar-refractivity contribution < 1.29 is 0 Å². The molecule has 0 aliphatic carbocycles. The van der Waals surface area contributed by atoms with Crippen LogP contribution in [-0.4, -0.2) is 27.6 Å². The maximum atomic E-state index is 12.6. The highest BCUT2D eigenvalue weighted by atomic mass is 16.1. The maximum absolute atomic E-state index is 12.6. The molecule has 4 rings (SSSR count). The fourth-order valence-electron chi connectivity index (χ4n) is 3.62. The van der Waals surface area contributed by atoms with Gasteiger partial charge in [-0.3, -0.25) is 14.3 Å². The topological polar surface area (TPSA) is 51.0 Å². The van der Waals surface area contributed by atoms with E-state index in [2.05, 4.69) is 40.2 Å². The molecule has 138 valence electrons. The van der Waals surface area contributed by atoms with Gasteiger partial charge < -0.3 is 4.90 Å². The van der Waals surface area contributed by atoms with Crippen molar-refractivity contribution in [2.45, 2.75) is 32.2 Å². The Balaban J connectivity index is 1.48. The lowest BCUT2D eigenvalue weighted by molar-refractivity contribution is 0.523. The summed E-state index contributed by atoms with van der Waals surface area (Å²) < 4.78 is 1.81. The van der Waals surface area contributed by atoms with Crippen LogP contribution in [0.2, 0.25) is 0 Å². The van der Waals surface area contributed by atoms with E-state index in [4.69, 9.17) is 4.98 Å². The molecule has 0 N–H and O–H groups in total. The molecule has 0 spiro atoms. The third kappa shape index (κ3) is 4.08. The Morgan fingerprint density at radius 2 is 1.78 bits per heavy atom. The van der Waals surface area contributed by atoms with E-state index < -0.39 is 0 Å². The minimum absolute atomic E-state index is 0.0285. The van der Waals surface area contributed by atoms with Crippen LogP contribution in [0.3, 0.4) is 0 Å². The number of pyridine rings is 1. The molecule has 5 heteroatoms. The summed E-state index contributed by atoms with van der Waals surface area (Å²) in [6, 6.07) is 16.0. The molecule has 27 heavy (non-hydrogen) atoms. The Hall–Kier alpha value is -2.95. The third-order valence-corrected chi connectivity index (χ3v) is 5.04. The summed E-state index contributed by atoms with van der Waals surface area (Å²) in [6.07, 6.45) is 7.76. The zero-order valence-corrected chi connectivity index (χ0v) is 15.4. The predicted molar refractivity (Wildman–Crippen MR) is 108 cm³/mol. The molecule has 0 amide bonds. The first-order valence-electron chi connectivity index (χ1n) is 9.62. The lowest BCUT2D eigenvalue weighted by Crippen LogP contribution is -2.39. The fraction of sp³-hybridized carbons (Fsp3) is 0.318. The molecule has 0 fully saturated rings. The first-order valence-corrected chi connectivity index (χ1v) is 9.62. The van der Waals surface area contributed by atoms with Gasteiger partial charge in [0.2, 0.25) is 5.95 Å². The maximum Gasteiger partial charge on any atom is 0.255 e. The Morgan fingerprint density at radius 1 is 0.963 bits per heavy atom. The van der Waals surface area contributed by atoms with Crippen LogP contribution in [0.25, 0.3) is 11.3 Å². The van der Waals surface area contributed by atoms with E-state index in [0.717, 1.165) is 62.5 Å². The number of anilines is 1. The minimum Gasteiger partial charge on any atom is -0.342 e. The molecule has 0 saturated carbocycles. The summed E-state index contributed by atoms with van der Waals surface area (Å²) in [5, 5.41) is 0. The summed E-state index contributed by atoms with van der Waals surface area (Å²) in [6.45, 7) is 2.63. The third-order valence-electron chi connectivity index (χ3n) is 5.04. The smallest absolute Gasteiger partial charge is 0.255 e. The van der Waals surface area contributed by atoms with Crippen LogP contribution in [0, 0.1) is 0 Å². The number of nitrogens with zero attached hydrogens (tertiary/aromatic N) is 4. The summed E-state index contributed by atoms with van der Waals surface area (Å²) >= 11 is 0. The van der Waals surface area contributed by atoms with Crippen molar-refractivity contribution in [3.8, 4) is 11.3 Å². The lowest BCUT2D eigenvalue weighted by Gasteiger charge is -2.31. The van der Waals surface area contributed by atoms with Crippen LogP contribution in [-0.2, 0) is 13.0 Å². The quantitative estimate of drug-likeness (QED) is 0.631. The summed E-state index contributed by atoms with van der Waals surface area (Å²) in [5.41, 5.74) is 3.07. The SMILES string of the molecule is O=c1cc(-c2ccncc2)nc2n1CCCN2CCCCc1ccccc1. The van der Waals surface area contributed by atoms with Crippen molar-refractivity contribution in [3.63, 3.8) is 0 Å². The van der Waals surface area contributed by atoms with Crippen LogP contribution in [0.4, 0.5) is 5.95 Å². The first-order chi connectivity index (χ1) is 13.3. The second-order valence-corrected chi connectivity index (χ2v) is 6.95. The average Bonchev–Trinajstić information content (AvgIpc) is 2.73. The summed E-state index contributed by atoms with van der Waals surface area (Å²) in [4.78, 5) is 23.7. The number of aryl methyl sites for hydroxylation is 1. The van der Waals surface area contributed by atoms with E-state index in [9.17, 15) is 4.79 Å². The number of aromatic nitrogens is 3. The van der Waals surface area contributed by atoms with Crippen LogP contribution < -0.4 is 10.5 Å². The van der Waals surface area contributed by atoms with Gasteiger partial charge in [-0.25, -0.2) is 4.98 Å². The van der Waals surface area contributed by atoms with Crippen LogP contribution in [0.1, 0.15) is 24.8 Å². The number of fused-ring (bicyclic) bond motifs is 1. The average molecular weight is 360 g/mol. The summed E-state index contributed by atoms with van der Waals surface area (Å²) in [7, 11) is 0. The Morgan fingerprint density at radius 3 is 2.59 bits per heavy atom. The molecule has 1 aliphatic heterocycles. The molecule has 0 unspecified atom stereocenters. The largest absolute Gasteiger partial charge is 0.342 e. The molecule has 3 aromatic rings. The Bertz CT molecular complexity index is 938. The molecule has 0 bridgehead atoms. The van der Waals surface area contributed by atoms with Gasteiger partial charge in [-0.05, 0) is 43.4 Å². The molecular weight excluding hydrogens is 336 g/mol. The normalized spacial score (nSPS) is 13.4. The minimum atomic E-state index is 0.0285. The van der Waals surface area contributed by atoms with E-state index >= 15 is 0 Å². The van der Waals surface area contributed by atoms with E-state index in [1.165, 1.54) is 5.56 Å². The zero-order valence-electron chi connectivity index (χ0n) is 15.4. The number of rotatable bonds is 6.